The number of carboxylic acids is 1. The number of hydrogen-bond acceptors (Lipinski definition) is 5. The molecule has 2 aromatic heterocycles. The van der Waals surface area contributed by atoms with Crippen LogP contribution in [0, 0.1) is 5.92 Å². The van der Waals surface area contributed by atoms with Crippen LogP contribution in [0.4, 0.5) is 0 Å². The second kappa shape index (κ2) is 7.13. The Kier molecular flexibility index (Phi) is 5.21. The number of rotatable bonds is 6. The first kappa shape index (κ1) is 16.1. The van der Waals surface area contributed by atoms with Gasteiger partial charge in [-0.2, -0.15) is 0 Å². The molecule has 1 amide bonds. The second-order valence-electron chi connectivity index (χ2n) is 5.24. The molecule has 0 radical (unpaired) electrons. The Labute approximate surface area is 132 Å². The Morgan fingerprint density at radius 1 is 1.32 bits per heavy atom. The van der Waals surface area contributed by atoms with Gasteiger partial charge >= 0.3 is 5.97 Å². The molecule has 2 aromatic rings. The number of carboxylic acid groups (broad SMARTS) is 1. The number of aliphatic carboxylic acids is 1. The maximum Gasteiger partial charge on any atom is 0.326 e. The van der Waals surface area contributed by atoms with Gasteiger partial charge in [-0.25, -0.2) is 9.78 Å². The second-order valence-corrected chi connectivity index (χ2v) is 6.27. The highest BCUT2D eigenvalue weighted by Gasteiger charge is 2.23. The van der Waals surface area contributed by atoms with Crippen LogP contribution in [0.1, 0.15) is 29.9 Å². The lowest BCUT2D eigenvalue weighted by atomic mass is 10.0. The number of nitrogens with zero attached hydrogens (tertiary/aromatic N) is 2. The van der Waals surface area contributed by atoms with Gasteiger partial charge in [0.25, 0.3) is 5.91 Å². The fourth-order valence-corrected chi connectivity index (χ4v) is 2.71. The summed E-state index contributed by atoms with van der Waals surface area (Å²) in [5.41, 5.74) is 0.684. The maximum absolute atomic E-state index is 12.2. The quantitative estimate of drug-likeness (QED) is 0.853. The summed E-state index contributed by atoms with van der Waals surface area (Å²) < 4.78 is 0. The molecule has 2 heterocycles. The highest BCUT2D eigenvalue weighted by molar-refractivity contribution is 7.16. The summed E-state index contributed by atoms with van der Waals surface area (Å²) >= 11 is 1.19. The standard InChI is InChI=1S/C15H17N3O3S/c1-9(2)7-11(15(20)21)18-13(19)12-8-17-14(22-12)10-5-3-4-6-16-10/h3-6,8-9,11H,7H2,1-2H3,(H,18,19)(H,20,21). The van der Waals surface area contributed by atoms with Gasteiger partial charge in [0.05, 0.1) is 11.9 Å². The third-order valence-electron chi connectivity index (χ3n) is 2.92. The molecule has 0 saturated heterocycles. The first-order valence-corrected chi connectivity index (χ1v) is 7.70. The molecule has 0 aliphatic heterocycles. The van der Waals surface area contributed by atoms with E-state index in [1.54, 1.807) is 18.3 Å². The van der Waals surface area contributed by atoms with Gasteiger partial charge in [0.1, 0.15) is 15.9 Å². The van der Waals surface area contributed by atoms with Gasteiger partial charge in [0.15, 0.2) is 0 Å². The van der Waals surface area contributed by atoms with Crippen LogP contribution in [0.25, 0.3) is 10.7 Å². The summed E-state index contributed by atoms with van der Waals surface area (Å²) in [7, 11) is 0. The van der Waals surface area contributed by atoms with Crippen LogP contribution in [-0.2, 0) is 4.79 Å². The van der Waals surface area contributed by atoms with E-state index in [0.717, 1.165) is 0 Å². The Morgan fingerprint density at radius 2 is 2.09 bits per heavy atom. The van der Waals surface area contributed by atoms with Crippen LogP contribution in [0.15, 0.2) is 30.6 Å². The number of carbonyl (C=O) groups is 2. The van der Waals surface area contributed by atoms with Crippen molar-refractivity contribution in [2.75, 3.05) is 0 Å². The molecule has 0 saturated carbocycles. The molecule has 1 atom stereocenters. The lowest BCUT2D eigenvalue weighted by molar-refractivity contribution is -0.139. The summed E-state index contributed by atoms with van der Waals surface area (Å²) in [6, 6.07) is 4.55. The van der Waals surface area contributed by atoms with Crippen LogP contribution in [0.3, 0.4) is 0 Å². The minimum absolute atomic E-state index is 0.173. The average molecular weight is 319 g/mol. The van der Waals surface area contributed by atoms with Crippen LogP contribution in [0.2, 0.25) is 0 Å². The molecule has 0 fully saturated rings. The van der Waals surface area contributed by atoms with Gasteiger partial charge in [-0.15, -0.1) is 11.3 Å². The monoisotopic (exact) mass is 319 g/mol. The van der Waals surface area contributed by atoms with Crippen LogP contribution in [0.5, 0.6) is 0 Å². The number of amides is 1. The molecule has 1 unspecified atom stereocenters. The van der Waals surface area contributed by atoms with E-state index in [1.165, 1.54) is 17.5 Å². The Hall–Kier alpha value is -2.28. The van der Waals surface area contributed by atoms with Gasteiger partial charge in [0.2, 0.25) is 0 Å². The zero-order chi connectivity index (χ0) is 16.1. The van der Waals surface area contributed by atoms with Gasteiger partial charge in [-0.05, 0) is 24.5 Å². The molecule has 7 heteroatoms. The first-order chi connectivity index (χ1) is 10.5. The molecular weight excluding hydrogens is 302 g/mol. The smallest absolute Gasteiger partial charge is 0.326 e. The zero-order valence-electron chi connectivity index (χ0n) is 12.3. The fourth-order valence-electron chi connectivity index (χ4n) is 1.91. The lowest BCUT2D eigenvalue weighted by Crippen LogP contribution is -2.41. The molecule has 116 valence electrons. The summed E-state index contributed by atoms with van der Waals surface area (Å²) in [4.78, 5) is 32.1. The lowest BCUT2D eigenvalue weighted by Gasteiger charge is -2.15. The largest absolute Gasteiger partial charge is 0.480 e. The molecule has 2 rings (SSSR count). The zero-order valence-corrected chi connectivity index (χ0v) is 13.1. The van der Waals surface area contributed by atoms with Crippen molar-refractivity contribution in [3.8, 4) is 10.7 Å². The predicted molar refractivity (Wildman–Crippen MR) is 83.7 cm³/mol. The normalized spacial score (nSPS) is 12.1. The van der Waals surface area contributed by atoms with Crippen LogP contribution >= 0.6 is 11.3 Å². The van der Waals surface area contributed by atoms with E-state index >= 15 is 0 Å². The number of hydrogen-bond donors (Lipinski definition) is 2. The molecule has 22 heavy (non-hydrogen) atoms. The number of pyridine rings is 1. The molecule has 0 spiro atoms. The third-order valence-corrected chi connectivity index (χ3v) is 3.94. The minimum atomic E-state index is -1.03. The Morgan fingerprint density at radius 3 is 2.68 bits per heavy atom. The molecule has 0 aliphatic carbocycles. The van der Waals surface area contributed by atoms with Gasteiger partial charge in [-0.3, -0.25) is 9.78 Å². The molecule has 0 aromatic carbocycles. The molecule has 6 nitrogen and oxygen atoms in total. The van der Waals surface area contributed by atoms with Crippen molar-refractivity contribution in [2.45, 2.75) is 26.3 Å². The summed E-state index contributed by atoms with van der Waals surface area (Å²) in [5, 5.41) is 12.3. The summed E-state index contributed by atoms with van der Waals surface area (Å²) in [5.74, 6) is -1.28. The fraction of sp³-hybridized carbons (Fsp3) is 0.333. The van der Waals surface area contributed by atoms with Crippen molar-refractivity contribution in [1.82, 2.24) is 15.3 Å². The predicted octanol–water partition coefficient (Wildman–Crippen LogP) is 2.43. The van der Waals surface area contributed by atoms with E-state index in [-0.39, 0.29) is 5.92 Å². The minimum Gasteiger partial charge on any atom is -0.480 e. The first-order valence-electron chi connectivity index (χ1n) is 6.88. The highest BCUT2D eigenvalue weighted by Crippen LogP contribution is 2.23. The van der Waals surface area contributed by atoms with Gasteiger partial charge in [0, 0.05) is 6.20 Å². The topological polar surface area (TPSA) is 92.2 Å². The van der Waals surface area contributed by atoms with Gasteiger partial charge in [-0.1, -0.05) is 19.9 Å². The van der Waals surface area contributed by atoms with Crippen LogP contribution < -0.4 is 5.32 Å². The molecular formula is C15H17N3O3S. The third kappa shape index (κ3) is 4.11. The number of carbonyl (C=O) groups excluding carboxylic acids is 1. The number of thiazole rings is 1. The van der Waals surface area contributed by atoms with Crippen molar-refractivity contribution in [1.29, 1.82) is 0 Å². The summed E-state index contributed by atoms with van der Waals surface area (Å²) in [6.45, 7) is 3.82. The Bertz CT molecular complexity index is 655. The van der Waals surface area contributed by atoms with E-state index in [9.17, 15) is 9.59 Å². The average Bonchev–Trinajstić information content (AvgIpc) is 2.96. The highest BCUT2D eigenvalue weighted by atomic mass is 32.1. The van der Waals surface area contributed by atoms with E-state index in [1.807, 2.05) is 19.9 Å². The van der Waals surface area contributed by atoms with E-state index in [0.29, 0.717) is 22.0 Å². The van der Waals surface area contributed by atoms with Crippen molar-refractivity contribution >= 4 is 23.2 Å². The van der Waals surface area contributed by atoms with Crippen molar-refractivity contribution < 1.29 is 14.7 Å². The van der Waals surface area contributed by atoms with Crippen molar-refractivity contribution in [2.24, 2.45) is 5.92 Å². The molecule has 2 N–H and O–H groups in total. The Balaban J connectivity index is 2.10. The maximum atomic E-state index is 12.2. The number of aromatic nitrogens is 2. The SMILES string of the molecule is CC(C)CC(NC(=O)c1cnc(-c2ccccn2)s1)C(=O)O. The van der Waals surface area contributed by atoms with E-state index in [2.05, 4.69) is 15.3 Å². The van der Waals surface area contributed by atoms with E-state index < -0.39 is 17.9 Å². The van der Waals surface area contributed by atoms with Crippen LogP contribution in [-0.4, -0.2) is 33.0 Å². The number of nitrogens with one attached hydrogen (secondary N) is 1. The van der Waals surface area contributed by atoms with Crippen molar-refractivity contribution in [3.63, 3.8) is 0 Å². The molecule has 0 aliphatic rings. The van der Waals surface area contributed by atoms with Crippen molar-refractivity contribution in [3.05, 3.63) is 35.5 Å². The summed E-state index contributed by atoms with van der Waals surface area (Å²) in [6.07, 6.45) is 3.48. The van der Waals surface area contributed by atoms with E-state index in [4.69, 9.17) is 5.11 Å². The molecule has 0 bridgehead atoms. The van der Waals surface area contributed by atoms with Gasteiger partial charge < -0.3 is 10.4 Å².